The number of nitrogens with one attached hydrogen (secondary N) is 1. The van der Waals surface area contributed by atoms with Crippen molar-refractivity contribution in [2.24, 2.45) is 0 Å². The molecule has 2 aromatic rings. The summed E-state index contributed by atoms with van der Waals surface area (Å²) in [5.74, 6) is -0.597. The van der Waals surface area contributed by atoms with Gasteiger partial charge in [0.25, 0.3) is 5.56 Å². The van der Waals surface area contributed by atoms with Crippen molar-refractivity contribution in [1.82, 2.24) is 9.97 Å². The summed E-state index contributed by atoms with van der Waals surface area (Å²) in [5.41, 5.74) is 0.0171. The van der Waals surface area contributed by atoms with Crippen LogP contribution in [0.5, 0.6) is 0 Å². The molecular weight excluding hydrogens is 207 g/mol. The molecule has 0 unspecified atom stereocenters. The minimum atomic E-state index is -0.597. The standard InChI is InChI=1S/C9H6ClFN2O/c1-4-7(11)8-6(13-9(4)14)2-5(10)3-12-8/h2-3H,1H3,(H,13,14). The lowest BCUT2D eigenvalue weighted by atomic mass is 10.2. The van der Waals surface area contributed by atoms with Crippen molar-refractivity contribution in [2.45, 2.75) is 6.92 Å². The molecule has 0 aliphatic carbocycles. The quantitative estimate of drug-likeness (QED) is 0.726. The zero-order valence-corrected chi connectivity index (χ0v) is 8.02. The van der Waals surface area contributed by atoms with Gasteiger partial charge in [-0.1, -0.05) is 11.6 Å². The first-order valence-electron chi connectivity index (χ1n) is 3.93. The smallest absolute Gasteiger partial charge is 0.254 e. The summed E-state index contributed by atoms with van der Waals surface area (Å²) in [6.07, 6.45) is 1.34. The first kappa shape index (κ1) is 9.15. The number of H-pyrrole nitrogens is 1. The van der Waals surface area contributed by atoms with Gasteiger partial charge in [-0.2, -0.15) is 0 Å². The Morgan fingerprint density at radius 2 is 2.29 bits per heavy atom. The Hall–Kier alpha value is -1.42. The Bertz CT molecular complexity index is 564. The number of hydrogen-bond acceptors (Lipinski definition) is 2. The van der Waals surface area contributed by atoms with Gasteiger partial charge in [-0.3, -0.25) is 9.78 Å². The molecule has 5 heteroatoms. The molecule has 2 rings (SSSR count). The molecule has 14 heavy (non-hydrogen) atoms. The van der Waals surface area contributed by atoms with E-state index in [0.29, 0.717) is 10.5 Å². The number of hydrogen-bond donors (Lipinski definition) is 1. The summed E-state index contributed by atoms with van der Waals surface area (Å²) >= 11 is 5.66. The predicted octanol–water partition coefficient (Wildman–Crippen LogP) is 2.02. The fourth-order valence-electron chi connectivity index (χ4n) is 1.20. The highest BCUT2D eigenvalue weighted by Crippen LogP contribution is 2.17. The molecule has 72 valence electrons. The van der Waals surface area contributed by atoms with Crippen molar-refractivity contribution in [3.63, 3.8) is 0 Å². The number of aromatic amines is 1. The van der Waals surface area contributed by atoms with Crippen molar-refractivity contribution < 1.29 is 4.39 Å². The number of halogens is 2. The topological polar surface area (TPSA) is 45.8 Å². The summed E-state index contributed by atoms with van der Waals surface area (Å²) in [4.78, 5) is 17.5. The Kier molecular flexibility index (Phi) is 2.00. The van der Waals surface area contributed by atoms with E-state index in [9.17, 15) is 9.18 Å². The molecule has 0 saturated heterocycles. The molecule has 0 aliphatic heterocycles. The number of rotatable bonds is 0. The minimum absolute atomic E-state index is 0.0346. The van der Waals surface area contributed by atoms with Crippen LogP contribution in [0.4, 0.5) is 4.39 Å². The molecule has 1 N–H and O–H groups in total. The van der Waals surface area contributed by atoms with Crippen LogP contribution >= 0.6 is 11.6 Å². The van der Waals surface area contributed by atoms with Gasteiger partial charge in [-0.25, -0.2) is 4.39 Å². The van der Waals surface area contributed by atoms with Crippen LogP contribution in [0, 0.1) is 12.7 Å². The van der Waals surface area contributed by atoms with E-state index in [0.717, 1.165) is 0 Å². The predicted molar refractivity (Wildman–Crippen MR) is 52.1 cm³/mol. The lowest BCUT2D eigenvalue weighted by Crippen LogP contribution is -2.12. The summed E-state index contributed by atoms with van der Waals surface area (Å²) in [5, 5.41) is 0.358. The van der Waals surface area contributed by atoms with Crippen LogP contribution < -0.4 is 5.56 Å². The van der Waals surface area contributed by atoms with Gasteiger partial charge in [0.2, 0.25) is 0 Å². The highest BCUT2D eigenvalue weighted by atomic mass is 35.5. The zero-order chi connectivity index (χ0) is 10.3. The van der Waals surface area contributed by atoms with Crippen molar-refractivity contribution in [2.75, 3.05) is 0 Å². The molecule has 0 aromatic carbocycles. The van der Waals surface area contributed by atoms with E-state index < -0.39 is 11.4 Å². The van der Waals surface area contributed by atoms with Crippen molar-refractivity contribution in [3.8, 4) is 0 Å². The zero-order valence-electron chi connectivity index (χ0n) is 7.27. The Morgan fingerprint density at radius 3 is 3.00 bits per heavy atom. The maximum Gasteiger partial charge on any atom is 0.254 e. The number of nitrogens with zero attached hydrogens (tertiary/aromatic N) is 1. The van der Waals surface area contributed by atoms with E-state index in [2.05, 4.69) is 9.97 Å². The lowest BCUT2D eigenvalue weighted by molar-refractivity contribution is 0.623. The van der Waals surface area contributed by atoms with Crippen molar-refractivity contribution in [3.05, 3.63) is 39.0 Å². The van der Waals surface area contributed by atoms with E-state index >= 15 is 0 Å². The lowest BCUT2D eigenvalue weighted by Gasteiger charge is -2.01. The van der Waals surface area contributed by atoms with Crippen LogP contribution in [0.3, 0.4) is 0 Å². The van der Waals surface area contributed by atoms with E-state index in [-0.39, 0.29) is 11.1 Å². The number of fused-ring (bicyclic) bond motifs is 1. The average Bonchev–Trinajstić information content (AvgIpc) is 2.14. The van der Waals surface area contributed by atoms with Gasteiger partial charge in [-0.15, -0.1) is 0 Å². The van der Waals surface area contributed by atoms with E-state index in [1.807, 2.05) is 0 Å². The molecule has 0 fully saturated rings. The van der Waals surface area contributed by atoms with Gasteiger partial charge in [0.05, 0.1) is 16.1 Å². The summed E-state index contributed by atoms with van der Waals surface area (Å²) in [6, 6.07) is 1.47. The summed E-state index contributed by atoms with van der Waals surface area (Å²) in [7, 11) is 0. The second-order valence-corrected chi connectivity index (χ2v) is 3.38. The molecule has 0 radical (unpaired) electrons. The third-order valence-electron chi connectivity index (χ3n) is 1.98. The molecule has 0 atom stereocenters. The van der Waals surface area contributed by atoms with E-state index in [1.54, 1.807) is 0 Å². The van der Waals surface area contributed by atoms with Gasteiger partial charge in [0.1, 0.15) is 5.52 Å². The van der Waals surface area contributed by atoms with Crippen molar-refractivity contribution in [1.29, 1.82) is 0 Å². The van der Waals surface area contributed by atoms with Crippen LogP contribution in [0.1, 0.15) is 5.56 Å². The second kappa shape index (κ2) is 3.06. The van der Waals surface area contributed by atoms with Gasteiger partial charge in [0.15, 0.2) is 5.82 Å². The first-order chi connectivity index (χ1) is 6.59. The molecule has 0 spiro atoms. The fourth-order valence-corrected chi connectivity index (χ4v) is 1.36. The van der Waals surface area contributed by atoms with Crippen LogP contribution in [-0.4, -0.2) is 9.97 Å². The largest absolute Gasteiger partial charge is 0.320 e. The fraction of sp³-hybridized carbons (Fsp3) is 0.111. The van der Waals surface area contributed by atoms with Gasteiger partial charge in [-0.05, 0) is 13.0 Å². The van der Waals surface area contributed by atoms with Gasteiger partial charge >= 0.3 is 0 Å². The third-order valence-corrected chi connectivity index (χ3v) is 2.19. The van der Waals surface area contributed by atoms with Crippen LogP contribution in [0.25, 0.3) is 11.0 Å². The first-order valence-corrected chi connectivity index (χ1v) is 4.31. The normalized spacial score (nSPS) is 10.8. The molecule has 2 aromatic heterocycles. The van der Waals surface area contributed by atoms with E-state index in [1.165, 1.54) is 19.2 Å². The monoisotopic (exact) mass is 212 g/mol. The minimum Gasteiger partial charge on any atom is -0.320 e. The Labute approximate surface area is 83.5 Å². The van der Waals surface area contributed by atoms with Gasteiger partial charge < -0.3 is 4.98 Å². The Balaban J connectivity index is 2.98. The molecule has 0 amide bonds. The molecule has 0 bridgehead atoms. The van der Waals surface area contributed by atoms with E-state index in [4.69, 9.17) is 11.6 Å². The SMILES string of the molecule is Cc1c(F)c2ncc(Cl)cc2[nH]c1=O. The number of pyridine rings is 2. The maximum atomic E-state index is 13.5. The highest BCUT2D eigenvalue weighted by Gasteiger charge is 2.09. The highest BCUT2D eigenvalue weighted by molar-refractivity contribution is 6.31. The summed E-state index contributed by atoms with van der Waals surface area (Å²) in [6.45, 7) is 1.41. The molecule has 0 saturated carbocycles. The second-order valence-electron chi connectivity index (χ2n) is 2.94. The van der Waals surface area contributed by atoms with Crippen LogP contribution in [0.2, 0.25) is 5.02 Å². The van der Waals surface area contributed by atoms with Gasteiger partial charge in [0, 0.05) is 6.20 Å². The van der Waals surface area contributed by atoms with Crippen LogP contribution in [0.15, 0.2) is 17.1 Å². The van der Waals surface area contributed by atoms with Crippen molar-refractivity contribution >= 4 is 22.6 Å². The molecule has 3 nitrogen and oxygen atoms in total. The molecule has 2 heterocycles. The Morgan fingerprint density at radius 1 is 1.57 bits per heavy atom. The summed E-state index contributed by atoms with van der Waals surface area (Å²) < 4.78 is 13.5. The third kappa shape index (κ3) is 1.28. The maximum absolute atomic E-state index is 13.5. The molecular formula is C9H6ClFN2O. The average molecular weight is 213 g/mol. The van der Waals surface area contributed by atoms with Crippen LogP contribution in [-0.2, 0) is 0 Å². The molecule has 0 aliphatic rings. The number of aromatic nitrogens is 2.